The van der Waals surface area contributed by atoms with Crippen molar-refractivity contribution < 1.29 is 14.7 Å². The minimum Gasteiger partial charge on any atom is -0.481 e. The average Bonchev–Trinajstić information content (AvgIpc) is 3.19. The molecule has 1 amide bonds. The molecule has 2 heterocycles. The van der Waals surface area contributed by atoms with Crippen LogP contribution in [0.5, 0.6) is 0 Å². The van der Waals surface area contributed by atoms with E-state index in [-0.39, 0.29) is 23.8 Å². The highest BCUT2D eigenvalue weighted by Gasteiger charge is 2.47. The van der Waals surface area contributed by atoms with E-state index in [0.29, 0.717) is 6.42 Å². The summed E-state index contributed by atoms with van der Waals surface area (Å²) in [6, 6.07) is 7.86. The Morgan fingerprint density at radius 3 is 2.76 bits per heavy atom. The maximum absolute atomic E-state index is 12.9. The highest BCUT2D eigenvalue weighted by molar-refractivity contribution is 5.80. The number of aromatic nitrogens is 2. The zero-order valence-corrected chi connectivity index (χ0v) is 14.2. The van der Waals surface area contributed by atoms with Gasteiger partial charge in [-0.3, -0.25) is 9.59 Å². The zero-order chi connectivity index (χ0) is 17.4. The Morgan fingerprint density at radius 1 is 1.24 bits per heavy atom. The first-order chi connectivity index (χ1) is 12.1. The van der Waals surface area contributed by atoms with Crippen LogP contribution in [-0.4, -0.2) is 38.4 Å². The fourth-order valence-corrected chi connectivity index (χ4v) is 3.98. The number of aromatic amines is 1. The molecule has 0 bridgehead atoms. The molecule has 132 valence electrons. The van der Waals surface area contributed by atoms with Crippen molar-refractivity contribution in [2.45, 2.75) is 51.0 Å². The third kappa shape index (κ3) is 3.25. The van der Waals surface area contributed by atoms with E-state index in [4.69, 9.17) is 5.11 Å². The second kappa shape index (κ2) is 6.17. The van der Waals surface area contributed by atoms with Crippen molar-refractivity contribution in [3.8, 4) is 0 Å². The van der Waals surface area contributed by atoms with Crippen molar-refractivity contribution in [3.63, 3.8) is 0 Å². The molecule has 1 unspecified atom stereocenters. The van der Waals surface area contributed by atoms with Gasteiger partial charge in [-0.25, -0.2) is 4.98 Å². The fourth-order valence-electron chi connectivity index (χ4n) is 3.98. The number of H-pyrrole nitrogens is 1. The first kappa shape index (κ1) is 16.1. The fraction of sp³-hybridized carbons (Fsp3) is 0.526. The molecule has 1 saturated heterocycles. The van der Waals surface area contributed by atoms with E-state index in [1.165, 1.54) is 0 Å². The minimum absolute atomic E-state index is 0.0331. The Balaban J connectivity index is 1.54. The van der Waals surface area contributed by atoms with Crippen molar-refractivity contribution in [1.82, 2.24) is 14.9 Å². The number of carbonyl (C=O) groups excluding carboxylic acids is 1. The number of carboxylic acid groups (broad SMARTS) is 1. The SMILES string of the molecule is O=C(O)CC1(CC(=O)N2CCCCC2c2nc3ccccc3[nH]2)CC1. The summed E-state index contributed by atoms with van der Waals surface area (Å²) in [5.41, 5.74) is 1.60. The molecular formula is C19H23N3O3. The van der Waals surface area contributed by atoms with Crippen LogP contribution in [0.15, 0.2) is 24.3 Å². The van der Waals surface area contributed by atoms with Crippen LogP contribution in [0.2, 0.25) is 0 Å². The normalized spacial score (nSPS) is 22.1. The van der Waals surface area contributed by atoms with E-state index >= 15 is 0 Å². The van der Waals surface area contributed by atoms with Crippen LogP contribution in [-0.2, 0) is 9.59 Å². The molecule has 6 heteroatoms. The maximum Gasteiger partial charge on any atom is 0.303 e. The van der Waals surface area contributed by atoms with Gasteiger partial charge in [0.15, 0.2) is 0 Å². The summed E-state index contributed by atoms with van der Waals surface area (Å²) in [4.78, 5) is 34.0. The number of nitrogens with zero attached hydrogens (tertiary/aromatic N) is 2. The number of piperidine rings is 1. The van der Waals surface area contributed by atoms with Crippen LogP contribution >= 0.6 is 0 Å². The van der Waals surface area contributed by atoms with Crippen molar-refractivity contribution in [3.05, 3.63) is 30.1 Å². The summed E-state index contributed by atoms with van der Waals surface area (Å²) >= 11 is 0. The largest absolute Gasteiger partial charge is 0.481 e. The Labute approximate surface area is 146 Å². The van der Waals surface area contributed by atoms with Crippen LogP contribution in [0.25, 0.3) is 11.0 Å². The van der Waals surface area contributed by atoms with Gasteiger partial charge in [0, 0.05) is 13.0 Å². The Morgan fingerprint density at radius 2 is 2.04 bits per heavy atom. The smallest absolute Gasteiger partial charge is 0.303 e. The van der Waals surface area contributed by atoms with E-state index in [9.17, 15) is 9.59 Å². The molecular weight excluding hydrogens is 318 g/mol. The number of likely N-dealkylation sites (tertiary alicyclic amines) is 1. The minimum atomic E-state index is -0.808. The Bertz CT molecular complexity index is 776. The van der Waals surface area contributed by atoms with Crippen LogP contribution in [0.1, 0.15) is 56.8 Å². The number of nitrogens with one attached hydrogen (secondary N) is 1. The van der Waals surface area contributed by atoms with Gasteiger partial charge in [-0.2, -0.15) is 0 Å². The lowest BCUT2D eigenvalue weighted by molar-refractivity contribution is -0.140. The summed E-state index contributed by atoms with van der Waals surface area (Å²) in [7, 11) is 0. The molecule has 6 nitrogen and oxygen atoms in total. The molecule has 25 heavy (non-hydrogen) atoms. The molecule has 1 aromatic heterocycles. The van der Waals surface area contributed by atoms with E-state index in [0.717, 1.165) is 55.5 Å². The first-order valence-electron chi connectivity index (χ1n) is 9.02. The molecule has 2 fully saturated rings. The standard InChI is InChI=1S/C19H23N3O3/c23-16(11-19(8-9-19)12-17(24)25)22-10-4-3-7-15(22)18-20-13-5-1-2-6-14(13)21-18/h1-2,5-6,15H,3-4,7-12H2,(H,20,21)(H,24,25). The molecule has 2 N–H and O–H groups in total. The van der Waals surface area contributed by atoms with E-state index in [1.807, 2.05) is 29.2 Å². The molecule has 4 rings (SSSR count). The highest BCUT2D eigenvalue weighted by Crippen LogP contribution is 2.52. The molecule has 0 radical (unpaired) electrons. The lowest BCUT2D eigenvalue weighted by Crippen LogP contribution is -2.40. The number of fused-ring (bicyclic) bond motifs is 1. The quantitative estimate of drug-likeness (QED) is 0.874. The van der Waals surface area contributed by atoms with Gasteiger partial charge in [0.05, 0.1) is 23.5 Å². The third-order valence-electron chi connectivity index (χ3n) is 5.56. The van der Waals surface area contributed by atoms with Crippen LogP contribution in [0, 0.1) is 5.41 Å². The molecule has 1 aromatic carbocycles. The van der Waals surface area contributed by atoms with Gasteiger partial charge in [-0.15, -0.1) is 0 Å². The van der Waals surface area contributed by atoms with Gasteiger partial charge in [0.2, 0.25) is 5.91 Å². The monoisotopic (exact) mass is 341 g/mol. The number of imidazole rings is 1. The Kier molecular flexibility index (Phi) is 3.98. The zero-order valence-electron chi connectivity index (χ0n) is 14.2. The number of hydrogen-bond acceptors (Lipinski definition) is 3. The van der Waals surface area contributed by atoms with Gasteiger partial charge in [0.1, 0.15) is 5.82 Å². The molecule has 2 aliphatic rings. The number of amides is 1. The number of carboxylic acids is 1. The number of carbonyl (C=O) groups is 2. The topological polar surface area (TPSA) is 86.3 Å². The molecule has 2 aromatic rings. The number of para-hydroxylation sites is 2. The highest BCUT2D eigenvalue weighted by atomic mass is 16.4. The van der Waals surface area contributed by atoms with Crippen molar-refractivity contribution >= 4 is 22.9 Å². The van der Waals surface area contributed by atoms with Gasteiger partial charge < -0.3 is 15.0 Å². The number of aliphatic carboxylic acids is 1. The van der Waals surface area contributed by atoms with Gasteiger partial charge in [0.25, 0.3) is 0 Å². The lowest BCUT2D eigenvalue weighted by atomic mass is 9.95. The van der Waals surface area contributed by atoms with Crippen LogP contribution < -0.4 is 0 Å². The predicted molar refractivity (Wildman–Crippen MR) is 92.9 cm³/mol. The van der Waals surface area contributed by atoms with Crippen molar-refractivity contribution in [1.29, 1.82) is 0 Å². The summed E-state index contributed by atoms with van der Waals surface area (Å²) in [6.07, 6.45) is 5.10. The number of rotatable bonds is 5. The van der Waals surface area contributed by atoms with E-state index in [1.54, 1.807) is 0 Å². The molecule has 1 atom stereocenters. The van der Waals surface area contributed by atoms with Crippen molar-refractivity contribution in [2.24, 2.45) is 5.41 Å². The predicted octanol–water partition coefficient (Wildman–Crippen LogP) is 3.26. The number of benzene rings is 1. The van der Waals surface area contributed by atoms with Crippen molar-refractivity contribution in [2.75, 3.05) is 6.54 Å². The van der Waals surface area contributed by atoms with Gasteiger partial charge >= 0.3 is 5.97 Å². The molecule has 1 aliphatic heterocycles. The molecule has 0 spiro atoms. The first-order valence-corrected chi connectivity index (χ1v) is 9.02. The summed E-state index contributed by atoms with van der Waals surface area (Å²) in [5, 5.41) is 9.08. The molecule has 1 aliphatic carbocycles. The third-order valence-corrected chi connectivity index (χ3v) is 5.56. The maximum atomic E-state index is 12.9. The van der Waals surface area contributed by atoms with Crippen LogP contribution in [0.3, 0.4) is 0 Å². The van der Waals surface area contributed by atoms with Gasteiger partial charge in [-0.05, 0) is 49.7 Å². The summed E-state index contributed by atoms with van der Waals surface area (Å²) in [6.45, 7) is 0.726. The average molecular weight is 341 g/mol. The molecule has 1 saturated carbocycles. The summed E-state index contributed by atoms with van der Waals surface area (Å²) < 4.78 is 0. The number of hydrogen-bond donors (Lipinski definition) is 2. The van der Waals surface area contributed by atoms with Gasteiger partial charge in [-0.1, -0.05) is 12.1 Å². The second-order valence-corrected chi connectivity index (χ2v) is 7.49. The van der Waals surface area contributed by atoms with Crippen LogP contribution in [0.4, 0.5) is 0 Å². The van der Waals surface area contributed by atoms with E-state index < -0.39 is 5.97 Å². The Hall–Kier alpha value is -2.37. The summed E-state index contributed by atoms with van der Waals surface area (Å²) in [5.74, 6) is 0.110. The lowest BCUT2D eigenvalue weighted by Gasteiger charge is -2.35. The van der Waals surface area contributed by atoms with E-state index in [2.05, 4.69) is 9.97 Å². The second-order valence-electron chi connectivity index (χ2n) is 7.49.